The summed E-state index contributed by atoms with van der Waals surface area (Å²) in [5, 5.41) is 1.23. The topological polar surface area (TPSA) is 0 Å². The summed E-state index contributed by atoms with van der Waals surface area (Å²) in [7, 11) is 0. The predicted octanol–water partition coefficient (Wildman–Crippen LogP) is 4.47. The Morgan fingerprint density at radius 2 is 1.50 bits per heavy atom. The second-order valence-electron chi connectivity index (χ2n) is 3.07. The molecule has 12 heavy (non-hydrogen) atoms. The van der Waals surface area contributed by atoms with Crippen molar-refractivity contribution in [1.82, 2.24) is 0 Å². The summed E-state index contributed by atoms with van der Waals surface area (Å²) in [5.74, 6) is 0. The van der Waals surface area contributed by atoms with E-state index in [-0.39, 0.29) is 0 Å². The van der Waals surface area contributed by atoms with Gasteiger partial charge >= 0.3 is 0 Å². The molecule has 0 aromatic heterocycles. The molecule has 1 aromatic rings. The van der Waals surface area contributed by atoms with Crippen molar-refractivity contribution in [2.24, 2.45) is 0 Å². The number of hydrogen-bond acceptors (Lipinski definition) is 0. The summed E-state index contributed by atoms with van der Waals surface area (Å²) in [5.41, 5.74) is 0.787. The minimum atomic E-state index is -0.518. The normalized spacial score (nSPS) is 11.8. The van der Waals surface area contributed by atoms with Crippen LogP contribution >= 0.6 is 34.8 Å². The summed E-state index contributed by atoms with van der Waals surface area (Å²) >= 11 is 18.0. The lowest BCUT2D eigenvalue weighted by atomic mass is 10.0. The molecule has 3 heteroatoms. The van der Waals surface area contributed by atoms with Crippen molar-refractivity contribution in [2.75, 3.05) is 0 Å². The summed E-state index contributed by atoms with van der Waals surface area (Å²) in [4.78, 5) is -0.518. The Hall–Kier alpha value is 0.0900. The molecule has 0 aliphatic heterocycles. The highest BCUT2D eigenvalue weighted by Crippen LogP contribution is 2.37. The molecule has 1 rings (SSSR count). The average molecular weight is 224 g/mol. The molecule has 0 saturated carbocycles. The maximum atomic E-state index is 6.10. The second-order valence-corrected chi connectivity index (χ2v) is 4.83. The Balaban J connectivity index is 3.31. The van der Waals surface area contributed by atoms with E-state index in [1.807, 2.05) is 13.8 Å². The first-order chi connectivity index (χ1) is 5.43. The molecule has 0 N–H and O–H groups in total. The van der Waals surface area contributed by atoms with Gasteiger partial charge in [0.1, 0.15) is 0 Å². The quantitative estimate of drug-likeness (QED) is 0.616. The molecule has 1 aromatic carbocycles. The molecule has 66 valence electrons. The fourth-order valence-corrected chi connectivity index (χ4v) is 2.24. The summed E-state index contributed by atoms with van der Waals surface area (Å²) < 4.78 is 0. The van der Waals surface area contributed by atoms with Gasteiger partial charge in [-0.15, -0.1) is 11.6 Å². The van der Waals surface area contributed by atoms with Gasteiger partial charge in [-0.05, 0) is 26.0 Å². The van der Waals surface area contributed by atoms with Gasteiger partial charge in [-0.25, -0.2) is 0 Å². The van der Waals surface area contributed by atoms with Crippen LogP contribution in [0, 0.1) is 0 Å². The Kier molecular flexibility index (Phi) is 2.92. The molecule has 0 fully saturated rings. The van der Waals surface area contributed by atoms with E-state index >= 15 is 0 Å². The van der Waals surface area contributed by atoms with Crippen LogP contribution in [0.15, 0.2) is 18.2 Å². The van der Waals surface area contributed by atoms with Crippen LogP contribution in [-0.2, 0) is 4.87 Å². The van der Waals surface area contributed by atoms with Gasteiger partial charge in [0.05, 0.1) is 4.87 Å². The van der Waals surface area contributed by atoms with Crippen molar-refractivity contribution in [1.29, 1.82) is 0 Å². The fraction of sp³-hybridized carbons (Fsp3) is 0.333. The Labute approximate surface area is 87.4 Å². The van der Waals surface area contributed by atoms with Crippen LogP contribution in [-0.4, -0.2) is 0 Å². The van der Waals surface area contributed by atoms with Crippen molar-refractivity contribution in [3.8, 4) is 0 Å². The molecular weight excluding hydrogens is 214 g/mol. The fourth-order valence-electron chi connectivity index (χ4n) is 1.07. The van der Waals surface area contributed by atoms with Crippen molar-refractivity contribution >= 4 is 34.8 Å². The smallest absolute Gasteiger partial charge is 0.0668 e. The number of hydrogen-bond donors (Lipinski definition) is 0. The van der Waals surface area contributed by atoms with Crippen LogP contribution in [0.3, 0.4) is 0 Å². The van der Waals surface area contributed by atoms with E-state index < -0.39 is 4.87 Å². The van der Waals surface area contributed by atoms with Gasteiger partial charge < -0.3 is 0 Å². The maximum absolute atomic E-state index is 6.10. The molecule has 0 bridgehead atoms. The van der Waals surface area contributed by atoms with E-state index in [4.69, 9.17) is 34.8 Å². The zero-order valence-corrected chi connectivity index (χ0v) is 9.13. The molecule has 0 saturated heterocycles. The van der Waals surface area contributed by atoms with Crippen LogP contribution in [0.4, 0.5) is 0 Å². The molecule has 0 nitrogen and oxygen atoms in total. The van der Waals surface area contributed by atoms with Gasteiger partial charge in [-0.3, -0.25) is 0 Å². The van der Waals surface area contributed by atoms with Gasteiger partial charge in [-0.1, -0.05) is 29.3 Å². The van der Waals surface area contributed by atoms with Crippen molar-refractivity contribution in [2.45, 2.75) is 18.7 Å². The minimum absolute atomic E-state index is 0.518. The van der Waals surface area contributed by atoms with Crippen molar-refractivity contribution < 1.29 is 0 Å². The van der Waals surface area contributed by atoms with Crippen molar-refractivity contribution in [3.63, 3.8) is 0 Å². The van der Waals surface area contributed by atoms with E-state index in [1.54, 1.807) is 18.2 Å². The van der Waals surface area contributed by atoms with Gasteiger partial charge in [0.15, 0.2) is 0 Å². The standard InChI is InChI=1S/C9H9Cl3/c1-9(2,12)8-6(10)4-3-5-7(8)11/h3-5H,1-2H3. The third-order valence-electron chi connectivity index (χ3n) is 1.56. The van der Waals surface area contributed by atoms with Crippen LogP contribution < -0.4 is 0 Å². The highest BCUT2D eigenvalue weighted by molar-refractivity contribution is 6.38. The molecule has 0 radical (unpaired) electrons. The third-order valence-corrected chi connectivity index (χ3v) is 2.38. The van der Waals surface area contributed by atoms with Crippen molar-refractivity contribution in [3.05, 3.63) is 33.8 Å². The highest BCUT2D eigenvalue weighted by Gasteiger charge is 2.22. The zero-order chi connectivity index (χ0) is 9.35. The Morgan fingerprint density at radius 1 is 1.08 bits per heavy atom. The summed E-state index contributed by atoms with van der Waals surface area (Å²) in [6, 6.07) is 5.37. The SMILES string of the molecule is CC(C)(Cl)c1c(Cl)cccc1Cl. The lowest BCUT2D eigenvalue weighted by Gasteiger charge is -2.19. The van der Waals surface area contributed by atoms with Gasteiger partial charge in [0.25, 0.3) is 0 Å². The summed E-state index contributed by atoms with van der Waals surface area (Å²) in [6.45, 7) is 3.73. The first-order valence-electron chi connectivity index (χ1n) is 3.56. The van der Waals surface area contributed by atoms with E-state index in [0.29, 0.717) is 10.0 Å². The van der Waals surface area contributed by atoms with Crippen LogP contribution in [0.5, 0.6) is 0 Å². The third kappa shape index (κ3) is 2.07. The zero-order valence-electron chi connectivity index (χ0n) is 6.87. The lowest BCUT2D eigenvalue weighted by Crippen LogP contribution is -2.08. The first-order valence-corrected chi connectivity index (χ1v) is 4.69. The molecule has 0 aliphatic rings. The first kappa shape index (κ1) is 10.2. The predicted molar refractivity (Wildman–Crippen MR) is 55.3 cm³/mol. The number of halogens is 3. The van der Waals surface area contributed by atoms with E-state index in [9.17, 15) is 0 Å². The molecule has 0 unspecified atom stereocenters. The van der Waals surface area contributed by atoms with E-state index in [1.165, 1.54) is 0 Å². The number of rotatable bonds is 1. The van der Waals surface area contributed by atoms with Gasteiger partial charge in [0, 0.05) is 15.6 Å². The van der Waals surface area contributed by atoms with Crippen LogP contribution in [0.2, 0.25) is 10.0 Å². The number of alkyl halides is 1. The van der Waals surface area contributed by atoms with Gasteiger partial charge in [0.2, 0.25) is 0 Å². The second kappa shape index (κ2) is 3.45. The molecule has 0 aliphatic carbocycles. The summed E-state index contributed by atoms with van der Waals surface area (Å²) in [6.07, 6.45) is 0. The van der Waals surface area contributed by atoms with Gasteiger partial charge in [-0.2, -0.15) is 0 Å². The maximum Gasteiger partial charge on any atom is 0.0668 e. The monoisotopic (exact) mass is 222 g/mol. The molecule has 0 amide bonds. The lowest BCUT2D eigenvalue weighted by molar-refractivity contribution is 0.767. The van der Waals surface area contributed by atoms with Crippen LogP contribution in [0.1, 0.15) is 19.4 Å². The minimum Gasteiger partial charge on any atom is -0.115 e. The molecular formula is C9H9Cl3. The Bertz CT molecular complexity index is 266. The molecule has 0 spiro atoms. The van der Waals surface area contributed by atoms with Crippen LogP contribution in [0.25, 0.3) is 0 Å². The molecule has 0 heterocycles. The largest absolute Gasteiger partial charge is 0.115 e. The van der Waals surface area contributed by atoms with E-state index in [2.05, 4.69) is 0 Å². The average Bonchev–Trinajstić information content (AvgIpc) is 1.82. The Morgan fingerprint density at radius 3 is 1.75 bits per heavy atom. The number of benzene rings is 1. The van der Waals surface area contributed by atoms with E-state index in [0.717, 1.165) is 5.56 Å². The molecule has 0 atom stereocenters. The highest BCUT2D eigenvalue weighted by atomic mass is 35.5.